The van der Waals surface area contributed by atoms with Gasteiger partial charge in [0.05, 0.1) is 16.7 Å². The van der Waals surface area contributed by atoms with Crippen molar-refractivity contribution in [1.29, 1.82) is 5.26 Å². The lowest BCUT2D eigenvalue weighted by Crippen LogP contribution is -2.02. The van der Waals surface area contributed by atoms with E-state index >= 15 is 0 Å². The normalized spacial score (nSPS) is 10.5. The molecule has 0 amide bonds. The van der Waals surface area contributed by atoms with Crippen molar-refractivity contribution in [3.05, 3.63) is 69.9 Å². The fourth-order valence-electron chi connectivity index (χ4n) is 2.35. The summed E-state index contributed by atoms with van der Waals surface area (Å²) in [6.07, 6.45) is 1.66. The van der Waals surface area contributed by atoms with Gasteiger partial charge in [-0.05, 0) is 36.8 Å². The standard InChI is InChI=1S/C17H11ClN2O/c1-10-3-2-4-12(16(10)18)17(21)14-9-20-15-6-5-11(8-19)7-13(14)15/h2-7,9,20H,1H3. The van der Waals surface area contributed by atoms with Crippen LogP contribution in [0.15, 0.2) is 42.6 Å². The van der Waals surface area contributed by atoms with E-state index in [1.807, 2.05) is 19.1 Å². The van der Waals surface area contributed by atoms with E-state index in [4.69, 9.17) is 16.9 Å². The number of H-pyrrole nitrogens is 1. The fourth-order valence-corrected chi connectivity index (χ4v) is 2.56. The highest BCUT2D eigenvalue weighted by Gasteiger charge is 2.17. The van der Waals surface area contributed by atoms with Crippen LogP contribution in [0.2, 0.25) is 5.02 Å². The number of hydrogen-bond acceptors (Lipinski definition) is 2. The second kappa shape index (κ2) is 5.08. The van der Waals surface area contributed by atoms with E-state index in [1.165, 1.54) is 0 Å². The lowest BCUT2D eigenvalue weighted by atomic mass is 10.00. The maximum absolute atomic E-state index is 12.7. The minimum Gasteiger partial charge on any atom is -0.360 e. The Bertz CT molecular complexity index is 903. The van der Waals surface area contributed by atoms with Gasteiger partial charge in [-0.2, -0.15) is 5.26 Å². The summed E-state index contributed by atoms with van der Waals surface area (Å²) in [5, 5.41) is 10.2. The van der Waals surface area contributed by atoms with Crippen LogP contribution in [0, 0.1) is 18.3 Å². The van der Waals surface area contributed by atoms with Gasteiger partial charge in [0, 0.05) is 28.2 Å². The number of carbonyl (C=O) groups is 1. The summed E-state index contributed by atoms with van der Waals surface area (Å²) in [6, 6.07) is 12.7. The van der Waals surface area contributed by atoms with Crippen LogP contribution < -0.4 is 0 Å². The summed E-state index contributed by atoms with van der Waals surface area (Å²) in [7, 11) is 0. The zero-order valence-electron chi connectivity index (χ0n) is 11.3. The highest BCUT2D eigenvalue weighted by Crippen LogP contribution is 2.27. The van der Waals surface area contributed by atoms with E-state index in [0.717, 1.165) is 16.5 Å². The molecule has 0 bridgehead atoms. The van der Waals surface area contributed by atoms with E-state index < -0.39 is 0 Å². The number of carbonyl (C=O) groups excluding carboxylic acids is 1. The molecular formula is C17H11ClN2O. The Hall–Kier alpha value is -2.57. The summed E-state index contributed by atoms with van der Waals surface area (Å²) in [4.78, 5) is 15.8. The molecule has 102 valence electrons. The molecular weight excluding hydrogens is 284 g/mol. The summed E-state index contributed by atoms with van der Waals surface area (Å²) >= 11 is 6.23. The van der Waals surface area contributed by atoms with E-state index in [-0.39, 0.29) is 5.78 Å². The number of aryl methyl sites for hydroxylation is 1. The zero-order valence-corrected chi connectivity index (χ0v) is 12.0. The van der Waals surface area contributed by atoms with Crippen LogP contribution in [-0.2, 0) is 0 Å². The van der Waals surface area contributed by atoms with E-state index in [2.05, 4.69) is 11.1 Å². The number of nitriles is 1. The number of hydrogen-bond donors (Lipinski definition) is 1. The quantitative estimate of drug-likeness (QED) is 0.719. The molecule has 3 nitrogen and oxygen atoms in total. The number of nitrogens with one attached hydrogen (secondary N) is 1. The first kappa shape index (κ1) is 13.4. The topological polar surface area (TPSA) is 56.6 Å². The molecule has 0 unspecified atom stereocenters. The molecule has 4 heteroatoms. The van der Waals surface area contributed by atoms with Crippen LogP contribution >= 0.6 is 11.6 Å². The number of halogens is 1. The minimum atomic E-state index is -0.148. The summed E-state index contributed by atoms with van der Waals surface area (Å²) < 4.78 is 0. The third kappa shape index (κ3) is 2.20. The summed E-state index contributed by atoms with van der Waals surface area (Å²) in [5.41, 5.74) is 3.20. The number of rotatable bonds is 2. The van der Waals surface area contributed by atoms with Crippen LogP contribution in [0.4, 0.5) is 0 Å². The van der Waals surface area contributed by atoms with Crippen molar-refractivity contribution in [2.75, 3.05) is 0 Å². The largest absolute Gasteiger partial charge is 0.360 e. The first-order valence-electron chi connectivity index (χ1n) is 6.43. The Labute approximate surface area is 126 Å². The number of fused-ring (bicyclic) bond motifs is 1. The van der Waals surface area contributed by atoms with Gasteiger partial charge in [-0.25, -0.2) is 0 Å². The predicted molar refractivity (Wildman–Crippen MR) is 82.6 cm³/mol. The highest BCUT2D eigenvalue weighted by atomic mass is 35.5. The molecule has 3 aromatic rings. The van der Waals surface area contributed by atoms with Gasteiger partial charge < -0.3 is 4.98 Å². The number of nitrogens with zero attached hydrogens (tertiary/aromatic N) is 1. The Morgan fingerprint density at radius 2 is 2.05 bits per heavy atom. The molecule has 0 spiro atoms. The van der Waals surface area contributed by atoms with Crippen molar-refractivity contribution in [1.82, 2.24) is 4.98 Å². The van der Waals surface area contributed by atoms with Crippen molar-refractivity contribution in [3.8, 4) is 6.07 Å². The van der Waals surface area contributed by atoms with Gasteiger partial charge >= 0.3 is 0 Å². The fraction of sp³-hybridized carbons (Fsp3) is 0.0588. The van der Waals surface area contributed by atoms with Crippen molar-refractivity contribution < 1.29 is 4.79 Å². The van der Waals surface area contributed by atoms with E-state index in [0.29, 0.717) is 21.7 Å². The molecule has 0 saturated heterocycles. The molecule has 0 aliphatic rings. The first-order chi connectivity index (χ1) is 10.1. The molecule has 0 radical (unpaired) electrons. The molecule has 0 fully saturated rings. The average Bonchev–Trinajstić information content (AvgIpc) is 2.92. The third-order valence-electron chi connectivity index (χ3n) is 3.49. The molecule has 0 aliphatic carbocycles. The zero-order chi connectivity index (χ0) is 15.0. The SMILES string of the molecule is Cc1cccc(C(=O)c2c[nH]c3ccc(C#N)cc23)c1Cl. The molecule has 1 N–H and O–H groups in total. The number of benzene rings is 2. The van der Waals surface area contributed by atoms with Gasteiger partial charge in [0.2, 0.25) is 0 Å². The van der Waals surface area contributed by atoms with Gasteiger partial charge in [-0.1, -0.05) is 23.7 Å². The highest BCUT2D eigenvalue weighted by molar-refractivity contribution is 6.36. The predicted octanol–water partition coefficient (Wildman–Crippen LogP) is 4.23. The second-order valence-corrected chi connectivity index (χ2v) is 5.22. The van der Waals surface area contributed by atoms with Gasteiger partial charge in [0.25, 0.3) is 0 Å². The smallest absolute Gasteiger partial charge is 0.196 e. The van der Waals surface area contributed by atoms with Crippen LogP contribution in [0.3, 0.4) is 0 Å². The third-order valence-corrected chi connectivity index (χ3v) is 3.99. The number of aromatic amines is 1. The van der Waals surface area contributed by atoms with Gasteiger partial charge in [-0.15, -0.1) is 0 Å². The van der Waals surface area contributed by atoms with Crippen molar-refractivity contribution >= 4 is 28.3 Å². The lowest BCUT2D eigenvalue weighted by Gasteiger charge is -2.05. The van der Waals surface area contributed by atoms with E-state index in [1.54, 1.807) is 30.5 Å². The maximum Gasteiger partial charge on any atom is 0.196 e. The molecule has 0 saturated carbocycles. The van der Waals surface area contributed by atoms with Crippen molar-refractivity contribution in [2.24, 2.45) is 0 Å². The monoisotopic (exact) mass is 294 g/mol. The number of ketones is 1. The van der Waals surface area contributed by atoms with Gasteiger partial charge in [0.15, 0.2) is 5.78 Å². The minimum absolute atomic E-state index is 0.148. The summed E-state index contributed by atoms with van der Waals surface area (Å²) in [5.74, 6) is -0.148. The molecule has 21 heavy (non-hydrogen) atoms. The van der Waals surface area contributed by atoms with Crippen molar-refractivity contribution in [2.45, 2.75) is 6.92 Å². The second-order valence-electron chi connectivity index (χ2n) is 4.84. The summed E-state index contributed by atoms with van der Waals surface area (Å²) in [6.45, 7) is 1.86. The molecule has 1 aromatic heterocycles. The lowest BCUT2D eigenvalue weighted by molar-refractivity contribution is 0.104. The molecule has 1 heterocycles. The molecule has 0 aliphatic heterocycles. The van der Waals surface area contributed by atoms with Crippen LogP contribution in [0.1, 0.15) is 27.0 Å². The Morgan fingerprint density at radius 1 is 1.24 bits per heavy atom. The van der Waals surface area contributed by atoms with E-state index in [9.17, 15) is 4.79 Å². The van der Waals surface area contributed by atoms with Gasteiger partial charge in [0.1, 0.15) is 0 Å². The van der Waals surface area contributed by atoms with Crippen LogP contribution in [0.5, 0.6) is 0 Å². The molecule has 0 atom stereocenters. The first-order valence-corrected chi connectivity index (χ1v) is 6.80. The molecule has 2 aromatic carbocycles. The molecule has 3 rings (SSSR count). The average molecular weight is 295 g/mol. The Morgan fingerprint density at radius 3 is 2.81 bits per heavy atom. The van der Waals surface area contributed by atoms with Gasteiger partial charge in [-0.3, -0.25) is 4.79 Å². The number of aromatic nitrogens is 1. The van der Waals surface area contributed by atoms with Crippen LogP contribution in [0.25, 0.3) is 10.9 Å². The Kier molecular flexibility index (Phi) is 3.25. The maximum atomic E-state index is 12.7. The van der Waals surface area contributed by atoms with Crippen molar-refractivity contribution in [3.63, 3.8) is 0 Å². The Balaban J connectivity index is 2.18. The van der Waals surface area contributed by atoms with Crippen LogP contribution in [-0.4, -0.2) is 10.8 Å².